The van der Waals surface area contributed by atoms with Gasteiger partial charge in [0.1, 0.15) is 13.2 Å². The molecule has 55 heavy (non-hydrogen) atoms. The second-order valence-electron chi connectivity index (χ2n) is 15.7. The zero-order chi connectivity index (χ0) is 40.1. The largest absolute Gasteiger partial charge is 0.462 e. The lowest BCUT2D eigenvalue weighted by Crippen LogP contribution is -2.30. The average Bonchev–Trinajstić information content (AvgIpc) is 3.18. The Morgan fingerprint density at radius 3 is 1.07 bits per heavy atom. The fraction of sp³-hybridized carbons (Fsp3) is 0.816. The first-order chi connectivity index (χ1) is 27.0. The summed E-state index contributed by atoms with van der Waals surface area (Å²) in [6, 6.07) is 0. The molecular weight excluding hydrogens is 685 g/mol. The molecule has 0 aromatic rings. The maximum absolute atomic E-state index is 12.7. The molecule has 6 nitrogen and oxygen atoms in total. The van der Waals surface area contributed by atoms with Crippen LogP contribution in [0.4, 0.5) is 0 Å². The first-order valence-corrected chi connectivity index (χ1v) is 23.5. The van der Waals surface area contributed by atoms with Crippen LogP contribution >= 0.6 is 0 Å². The molecule has 0 N–H and O–H groups in total. The Morgan fingerprint density at radius 1 is 0.364 bits per heavy atom. The third kappa shape index (κ3) is 42.6. The van der Waals surface area contributed by atoms with Crippen molar-refractivity contribution >= 4 is 17.9 Å². The summed E-state index contributed by atoms with van der Waals surface area (Å²) in [5.74, 6) is -0.899. The van der Waals surface area contributed by atoms with Gasteiger partial charge in [0, 0.05) is 19.3 Å². The van der Waals surface area contributed by atoms with Crippen LogP contribution in [0.5, 0.6) is 0 Å². The first kappa shape index (κ1) is 52.6. The Labute approximate surface area is 340 Å². The SMILES string of the molecule is CCCC/C=C\C/C=C\CCCCCCCC(=O)OC[C@@H](COC(=O)CCCCCCC/C=C\CCCC)OC(=O)CCCCCCCCCCCCCC. The molecule has 0 bridgehead atoms. The summed E-state index contributed by atoms with van der Waals surface area (Å²) in [5, 5.41) is 0. The second-order valence-corrected chi connectivity index (χ2v) is 15.7. The van der Waals surface area contributed by atoms with Gasteiger partial charge in [0.25, 0.3) is 0 Å². The van der Waals surface area contributed by atoms with Crippen LogP contribution < -0.4 is 0 Å². The van der Waals surface area contributed by atoms with Gasteiger partial charge in [-0.1, -0.05) is 192 Å². The van der Waals surface area contributed by atoms with E-state index in [1.54, 1.807) is 0 Å². The highest BCUT2D eigenvalue weighted by Crippen LogP contribution is 2.14. The Bertz CT molecular complexity index is 938. The maximum Gasteiger partial charge on any atom is 0.306 e. The number of carbonyl (C=O) groups excluding carboxylic acids is 3. The van der Waals surface area contributed by atoms with Crippen LogP contribution in [0.3, 0.4) is 0 Å². The second kappa shape index (κ2) is 44.3. The molecule has 0 aliphatic rings. The smallest absolute Gasteiger partial charge is 0.306 e. The van der Waals surface area contributed by atoms with Gasteiger partial charge in [-0.15, -0.1) is 0 Å². The van der Waals surface area contributed by atoms with Gasteiger partial charge in [-0.05, 0) is 64.2 Å². The van der Waals surface area contributed by atoms with Gasteiger partial charge in [-0.25, -0.2) is 0 Å². The molecule has 0 fully saturated rings. The monoisotopic (exact) mass is 773 g/mol. The van der Waals surface area contributed by atoms with Crippen molar-refractivity contribution in [3.8, 4) is 0 Å². The maximum atomic E-state index is 12.7. The lowest BCUT2D eigenvalue weighted by Gasteiger charge is -2.18. The minimum atomic E-state index is -0.775. The number of hydrogen-bond donors (Lipinski definition) is 0. The molecular formula is C49H88O6. The standard InChI is InChI=1S/C49H88O6/c1-4-7-10-13-16-19-22-24-25-28-30-33-36-39-42-48(51)54-45-46(44-53-47(50)41-38-35-32-29-26-21-18-15-12-9-6-3)55-49(52)43-40-37-34-31-27-23-20-17-14-11-8-5-2/h13,15-16,18,22,24,46H,4-12,14,17,19-21,23,25-45H2,1-3H3/b16-13-,18-15-,24-22-/t46-/m1/s1. The van der Waals surface area contributed by atoms with Crippen molar-refractivity contribution in [2.75, 3.05) is 13.2 Å². The van der Waals surface area contributed by atoms with Crippen LogP contribution in [0.15, 0.2) is 36.5 Å². The summed E-state index contributed by atoms with van der Waals surface area (Å²) in [5.41, 5.74) is 0. The average molecular weight is 773 g/mol. The van der Waals surface area contributed by atoms with Crippen molar-refractivity contribution in [1.82, 2.24) is 0 Å². The highest BCUT2D eigenvalue weighted by atomic mass is 16.6. The van der Waals surface area contributed by atoms with Crippen molar-refractivity contribution in [1.29, 1.82) is 0 Å². The highest BCUT2D eigenvalue weighted by Gasteiger charge is 2.19. The molecule has 0 spiro atoms. The van der Waals surface area contributed by atoms with Gasteiger partial charge in [0.05, 0.1) is 0 Å². The van der Waals surface area contributed by atoms with E-state index in [0.717, 1.165) is 83.5 Å². The van der Waals surface area contributed by atoms with Gasteiger partial charge in [-0.2, -0.15) is 0 Å². The summed E-state index contributed by atoms with van der Waals surface area (Å²) in [4.78, 5) is 37.7. The molecule has 0 unspecified atom stereocenters. The van der Waals surface area contributed by atoms with Crippen molar-refractivity contribution in [3.63, 3.8) is 0 Å². The zero-order valence-corrected chi connectivity index (χ0v) is 36.4. The quantitative estimate of drug-likeness (QED) is 0.0266. The predicted octanol–water partition coefficient (Wildman–Crippen LogP) is 15.0. The molecule has 0 amide bonds. The number of ether oxygens (including phenoxy) is 3. The van der Waals surface area contributed by atoms with E-state index >= 15 is 0 Å². The summed E-state index contributed by atoms with van der Waals surface area (Å²) in [7, 11) is 0. The van der Waals surface area contributed by atoms with E-state index in [1.807, 2.05) is 0 Å². The van der Waals surface area contributed by atoms with E-state index in [9.17, 15) is 14.4 Å². The zero-order valence-electron chi connectivity index (χ0n) is 36.4. The summed E-state index contributed by atoms with van der Waals surface area (Å²) >= 11 is 0. The van der Waals surface area contributed by atoms with E-state index in [-0.39, 0.29) is 31.1 Å². The van der Waals surface area contributed by atoms with E-state index < -0.39 is 6.10 Å². The predicted molar refractivity (Wildman–Crippen MR) is 233 cm³/mol. The molecule has 0 rings (SSSR count). The van der Waals surface area contributed by atoms with Gasteiger partial charge in [0.2, 0.25) is 0 Å². The summed E-state index contributed by atoms with van der Waals surface area (Å²) in [6.07, 6.45) is 49.8. The van der Waals surface area contributed by atoms with Crippen LogP contribution in [0, 0.1) is 0 Å². The summed E-state index contributed by atoms with van der Waals surface area (Å²) < 4.78 is 16.7. The topological polar surface area (TPSA) is 78.9 Å². The molecule has 0 aromatic heterocycles. The number of hydrogen-bond acceptors (Lipinski definition) is 6. The number of esters is 3. The minimum absolute atomic E-state index is 0.0791. The Hall–Kier alpha value is -2.37. The van der Waals surface area contributed by atoms with E-state index in [1.165, 1.54) is 116 Å². The van der Waals surface area contributed by atoms with Crippen molar-refractivity contribution in [3.05, 3.63) is 36.5 Å². The molecule has 0 saturated heterocycles. The Morgan fingerprint density at radius 2 is 0.673 bits per heavy atom. The molecule has 0 aromatic carbocycles. The van der Waals surface area contributed by atoms with Gasteiger partial charge in [-0.3, -0.25) is 14.4 Å². The minimum Gasteiger partial charge on any atom is -0.462 e. The van der Waals surface area contributed by atoms with Crippen LogP contribution in [0.1, 0.15) is 239 Å². The lowest BCUT2D eigenvalue weighted by molar-refractivity contribution is -0.167. The van der Waals surface area contributed by atoms with E-state index in [2.05, 4.69) is 57.2 Å². The molecule has 0 radical (unpaired) electrons. The molecule has 6 heteroatoms. The van der Waals surface area contributed by atoms with Crippen molar-refractivity contribution in [2.45, 2.75) is 245 Å². The van der Waals surface area contributed by atoms with Gasteiger partial charge < -0.3 is 14.2 Å². The highest BCUT2D eigenvalue weighted by molar-refractivity contribution is 5.71. The molecule has 0 saturated carbocycles. The van der Waals surface area contributed by atoms with Gasteiger partial charge in [0.15, 0.2) is 6.10 Å². The number of carbonyl (C=O) groups is 3. The molecule has 0 aliphatic heterocycles. The van der Waals surface area contributed by atoms with Crippen LogP contribution in [0.2, 0.25) is 0 Å². The first-order valence-electron chi connectivity index (χ1n) is 23.5. The van der Waals surface area contributed by atoms with E-state index in [0.29, 0.717) is 19.3 Å². The molecule has 1 atom stereocenters. The van der Waals surface area contributed by atoms with Crippen LogP contribution in [-0.4, -0.2) is 37.2 Å². The summed E-state index contributed by atoms with van der Waals surface area (Å²) in [6.45, 7) is 6.54. The third-order valence-electron chi connectivity index (χ3n) is 10.1. The Kier molecular flexibility index (Phi) is 42.4. The van der Waals surface area contributed by atoms with E-state index in [4.69, 9.17) is 14.2 Å². The van der Waals surface area contributed by atoms with Crippen molar-refractivity contribution in [2.24, 2.45) is 0 Å². The fourth-order valence-corrected chi connectivity index (χ4v) is 6.50. The molecule has 0 aliphatic carbocycles. The third-order valence-corrected chi connectivity index (χ3v) is 10.1. The van der Waals surface area contributed by atoms with Crippen LogP contribution in [0.25, 0.3) is 0 Å². The normalized spacial score (nSPS) is 12.3. The molecule has 320 valence electrons. The fourth-order valence-electron chi connectivity index (χ4n) is 6.50. The molecule has 0 heterocycles. The Balaban J connectivity index is 4.39. The number of rotatable bonds is 42. The van der Waals surface area contributed by atoms with Crippen molar-refractivity contribution < 1.29 is 28.6 Å². The number of unbranched alkanes of at least 4 members (excludes halogenated alkanes) is 25. The van der Waals surface area contributed by atoms with Crippen LogP contribution in [-0.2, 0) is 28.6 Å². The lowest BCUT2D eigenvalue weighted by atomic mass is 10.0. The number of allylic oxidation sites excluding steroid dienone is 6. The van der Waals surface area contributed by atoms with Gasteiger partial charge >= 0.3 is 17.9 Å².